The fourth-order valence-electron chi connectivity index (χ4n) is 2.76. The zero-order chi connectivity index (χ0) is 20.1. The maximum absolute atomic E-state index is 12.2. The molecule has 0 bridgehead atoms. The summed E-state index contributed by atoms with van der Waals surface area (Å²) in [5.74, 6) is -1.42. The second kappa shape index (κ2) is 8.34. The molecule has 3 amide bonds. The van der Waals surface area contributed by atoms with Crippen molar-refractivity contribution in [2.24, 2.45) is 0 Å². The van der Waals surface area contributed by atoms with Crippen LogP contribution in [0, 0.1) is 0 Å². The Balaban J connectivity index is 1.44. The highest BCUT2D eigenvalue weighted by molar-refractivity contribution is 6.21. The second-order valence-electron chi connectivity index (χ2n) is 5.94. The molecule has 0 radical (unpaired) electrons. The molecule has 3 rings (SSSR count). The average Bonchev–Trinajstić information content (AvgIpc) is 2.97. The molecule has 1 N–H and O–H groups in total. The summed E-state index contributed by atoms with van der Waals surface area (Å²) in [7, 11) is 1.49. The molecule has 2 aromatic rings. The third kappa shape index (κ3) is 4.01. The lowest BCUT2D eigenvalue weighted by atomic mass is 10.1. The van der Waals surface area contributed by atoms with Gasteiger partial charge in [-0.3, -0.25) is 24.1 Å². The van der Waals surface area contributed by atoms with E-state index >= 15 is 0 Å². The van der Waals surface area contributed by atoms with Crippen LogP contribution in [0.2, 0.25) is 0 Å². The number of esters is 1. The number of nitrogens with one attached hydrogen (secondary N) is 1. The SMILES string of the molecule is COc1cccc(C(=O)NCC(=O)OCCN2C(=O)c3ccccc3C2=O)c1. The van der Waals surface area contributed by atoms with Crippen LogP contribution in [0.4, 0.5) is 0 Å². The Hall–Kier alpha value is -3.68. The standard InChI is InChI=1S/C20H18N2O6/c1-27-14-6-4-5-13(11-14)18(24)21-12-17(23)28-10-9-22-19(25)15-7-2-3-8-16(15)20(22)26/h2-8,11H,9-10,12H2,1H3,(H,21,24). The summed E-state index contributed by atoms with van der Waals surface area (Å²) >= 11 is 0. The van der Waals surface area contributed by atoms with Gasteiger partial charge in [0, 0.05) is 5.56 Å². The number of fused-ring (bicyclic) bond motifs is 1. The lowest BCUT2D eigenvalue weighted by molar-refractivity contribution is -0.142. The van der Waals surface area contributed by atoms with Crippen LogP contribution >= 0.6 is 0 Å². The Morgan fingerprint density at radius 1 is 1.00 bits per heavy atom. The molecule has 0 aliphatic carbocycles. The first-order chi connectivity index (χ1) is 13.5. The van der Waals surface area contributed by atoms with Gasteiger partial charge in [0.05, 0.1) is 24.8 Å². The minimum absolute atomic E-state index is 0.0537. The van der Waals surface area contributed by atoms with E-state index in [4.69, 9.17) is 9.47 Å². The fourth-order valence-corrected chi connectivity index (χ4v) is 2.76. The van der Waals surface area contributed by atoms with E-state index in [1.54, 1.807) is 48.5 Å². The summed E-state index contributed by atoms with van der Waals surface area (Å²) in [4.78, 5) is 49.3. The van der Waals surface area contributed by atoms with Crippen LogP contribution in [0.15, 0.2) is 48.5 Å². The van der Waals surface area contributed by atoms with Gasteiger partial charge < -0.3 is 14.8 Å². The number of hydrogen-bond acceptors (Lipinski definition) is 6. The third-order valence-electron chi connectivity index (χ3n) is 4.18. The molecule has 0 spiro atoms. The Morgan fingerprint density at radius 2 is 1.68 bits per heavy atom. The number of methoxy groups -OCH3 is 1. The van der Waals surface area contributed by atoms with E-state index < -0.39 is 23.7 Å². The van der Waals surface area contributed by atoms with Gasteiger partial charge in [-0.05, 0) is 30.3 Å². The molecule has 0 fully saturated rings. The van der Waals surface area contributed by atoms with E-state index in [2.05, 4.69) is 5.32 Å². The van der Waals surface area contributed by atoms with Crippen molar-refractivity contribution in [2.45, 2.75) is 0 Å². The highest BCUT2D eigenvalue weighted by Gasteiger charge is 2.34. The van der Waals surface area contributed by atoms with Crippen molar-refractivity contribution in [3.63, 3.8) is 0 Å². The molecule has 0 saturated heterocycles. The van der Waals surface area contributed by atoms with Gasteiger partial charge in [-0.1, -0.05) is 18.2 Å². The second-order valence-corrected chi connectivity index (χ2v) is 5.94. The zero-order valence-corrected chi connectivity index (χ0v) is 15.1. The van der Waals surface area contributed by atoms with Crippen LogP contribution in [-0.4, -0.2) is 55.4 Å². The number of benzene rings is 2. The van der Waals surface area contributed by atoms with E-state index in [0.29, 0.717) is 22.4 Å². The number of imide groups is 1. The minimum Gasteiger partial charge on any atom is -0.497 e. The number of carbonyl (C=O) groups is 4. The minimum atomic E-state index is -0.673. The van der Waals surface area contributed by atoms with Gasteiger partial charge in [0.1, 0.15) is 18.9 Å². The van der Waals surface area contributed by atoms with Crippen molar-refractivity contribution in [1.29, 1.82) is 0 Å². The van der Waals surface area contributed by atoms with Crippen molar-refractivity contribution in [2.75, 3.05) is 26.8 Å². The quantitative estimate of drug-likeness (QED) is 0.571. The van der Waals surface area contributed by atoms with E-state index in [9.17, 15) is 19.2 Å². The Kier molecular flexibility index (Phi) is 5.69. The molecule has 0 aromatic heterocycles. The Bertz CT molecular complexity index is 905. The topological polar surface area (TPSA) is 102 Å². The predicted molar refractivity (Wildman–Crippen MR) is 98.1 cm³/mol. The normalized spacial score (nSPS) is 12.5. The maximum atomic E-state index is 12.2. The van der Waals surface area contributed by atoms with Crippen molar-refractivity contribution in [3.8, 4) is 5.75 Å². The Morgan fingerprint density at radius 3 is 2.32 bits per heavy atom. The number of nitrogens with zero attached hydrogens (tertiary/aromatic N) is 1. The number of carbonyl (C=O) groups excluding carboxylic acids is 4. The average molecular weight is 382 g/mol. The first-order valence-electron chi connectivity index (χ1n) is 8.54. The number of rotatable bonds is 7. The molecule has 28 heavy (non-hydrogen) atoms. The lowest BCUT2D eigenvalue weighted by Gasteiger charge is -2.14. The summed E-state index contributed by atoms with van der Waals surface area (Å²) in [6, 6.07) is 13.0. The predicted octanol–water partition coefficient (Wildman–Crippen LogP) is 1.26. The number of ether oxygens (including phenoxy) is 2. The zero-order valence-electron chi connectivity index (χ0n) is 15.1. The smallest absolute Gasteiger partial charge is 0.325 e. The molecule has 8 nitrogen and oxygen atoms in total. The molecular formula is C20H18N2O6. The van der Waals surface area contributed by atoms with Crippen LogP contribution < -0.4 is 10.1 Å². The maximum Gasteiger partial charge on any atom is 0.325 e. The van der Waals surface area contributed by atoms with E-state index in [1.807, 2.05) is 0 Å². The van der Waals surface area contributed by atoms with Crippen molar-refractivity contribution in [3.05, 3.63) is 65.2 Å². The van der Waals surface area contributed by atoms with Gasteiger partial charge in [-0.2, -0.15) is 0 Å². The van der Waals surface area contributed by atoms with Crippen molar-refractivity contribution >= 4 is 23.7 Å². The molecule has 1 heterocycles. The molecule has 1 aliphatic rings. The van der Waals surface area contributed by atoms with Crippen LogP contribution in [0.1, 0.15) is 31.1 Å². The molecular weight excluding hydrogens is 364 g/mol. The summed E-state index contributed by atoms with van der Waals surface area (Å²) in [5, 5.41) is 2.44. The number of amides is 3. The van der Waals surface area contributed by atoms with Gasteiger partial charge in [0.25, 0.3) is 17.7 Å². The van der Waals surface area contributed by atoms with Gasteiger partial charge in [-0.25, -0.2) is 0 Å². The summed E-state index contributed by atoms with van der Waals surface area (Å²) in [5.41, 5.74) is 1.02. The molecule has 8 heteroatoms. The number of hydrogen-bond donors (Lipinski definition) is 1. The highest BCUT2D eigenvalue weighted by atomic mass is 16.5. The van der Waals surface area contributed by atoms with Crippen molar-refractivity contribution in [1.82, 2.24) is 10.2 Å². The summed E-state index contributed by atoms with van der Waals surface area (Å²) < 4.78 is 10.0. The van der Waals surface area contributed by atoms with Crippen LogP contribution in [0.25, 0.3) is 0 Å². The first kappa shape index (κ1) is 19.1. The highest BCUT2D eigenvalue weighted by Crippen LogP contribution is 2.21. The van der Waals surface area contributed by atoms with E-state index in [1.165, 1.54) is 7.11 Å². The van der Waals surface area contributed by atoms with Crippen LogP contribution in [0.3, 0.4) is 0 Å². The van der Waals surface area contributed by atoms with Gasteiger partial charge in [0.15, 0.2) is 0 Å². The monoisotopic (exact) mass is 382 g/mol. The summed E-state index contributed by atoms with van der Waals surface area (Å²) in [6.45, 7) is -0.542. The van der Waals surface area contributed by atoms with E-state index in [-0.39, 0.29) is 19.7 Å². The fraction of sp³-hybridized carbons (Fsp3) is 0.200. The van der Waals surface area contributed by atoms with Gasteiger partial charge in [0.2, 0.25) is 0 Å². The van der Waals surface area contributed by atoms with E-state index in [0.717, 1.165) is 4.90 Å². The van der Waals surface area contributed by atoms with Crippen LogP contribution in [0.5, 0.6) is 5.75 Å². The first-order valence-corrected chi connectivity index (χ1v) is 8.54. The van der Waals surface area contributed by atoms with Gasteiger partial charge >= 0.3 is 5.97 Å². The molecule has 144 valence electrons. The molecule has 0 saturated carbocycles. The van der Waals surface area contributed by atoms with Crippen LogP contribution in [-0.2, 0) is 9.53 Å². The summed E-state index contributed by atoms with van der Waals surface area (Å²) in [6.07, 6.45) is 0. The Labute approximate surface area is 161 Å². The largest absolute Gasteiger partial charge is 0.497 e. The molecule has 0 unspecified atom stereocenters. The molecule has 1 aliphatic heterocycles. The van der Waals surface area contributed by atoms with Crippen molar-refractivity contribution < 1.29 is 28.7 Å². The van der Waals surface area contributed by atoms with Gasteiger partial charge in [-0.15, -0.1) is 0 Å². The molecule has 2 aromatic carbocycles. The lowest BCUT2D eigenvalue weighted by Crippen LogP contribution is -2.35. The third-order valence-corrected chi connectivity index (χ3v) is 4.18. The molecule has 0 atom stereocenters.